The predicted molar refractivity (Wildman–Crippen MR) is 63.9 cm³/mol. The zero-order valence-electron chi connectivity index (χ0n) is 9.85. The summed E-state index contributed by atoms with van der Waals surface area (Å²) in [5.41, 5.74) is 0. The van der Waals surface area contributed by atoms with E-state index in [1.165, 1.54) is 0 Å². The molecule has 1 fully saturated rings. The van der Waals surface area contributed by atoms with Crippen molar-refractivity contribution in [2.24, 2.45) is 0 Å². The van der Waals surface area contributed by atoms with Crippen LogP contribution in [-0.2, 0) is 4.74 Å². The Morgan fingerprint density at radius 3 is 2.82 bits per heavy atom. The summed E-state index contributed by atoms with van der Waals surface area (Å²) in [6.07, 6.45) is 1.90. The third kappa shape index (κ3) is 3.14. The summed E-state index contributed by atoms with van der Waals surface area (Å²) < 4.78 is 21.5. The van der Waals surface area contributed by atoms with Crippen LogP contribution >= 0.6 is 0 Å². The summed E-state index contributed by atoms with van der Waals surface area (Å²) in [5.74, 6) is 1.93. The minimum atomic E-state index is 0.216. The van der Waals surface area contributed by atoms with Gasteiger partial charge in [0.1, 0.15) is 19.3 Å². The number of hydrogen-bond acceptors (Lipinski definition) is 4. The SMILES string of the molecule is C=CCOc1c(OC)cccc1OC[C@H]1CO1. The molecular weight excluding hydrogens is 220 g/mol. The Bertz CT molecular complexity index is 385. The molecule has 92 valence electrons. The standard InChI is InChI=1S/C13H16O4/c1-3-7-15-13-11(14-2)5-4-6-12(13)17-9-10-8-16-10/h3-6,10H,1,7-9H2,2H3/t10-/m1/s1. The molecule has 0 spiro atoms. The molecule has 1 aromatic rings. The van der Waals surface area contributed by atoms with Crippen LogP contribution in [0.3, 0.4) is 0 Å². The van der Waals surface area contributed by atoms with Crippen LogP contribution in [0.4, 0.5) is 0 Å². The maximum atomic E-state index is 5.64. The average Bonchev–Trinajstić information content (AvgIpc) is 3.18. The first-order valence-electron chi connectivity index (χ1n) is 5.50. The molecular formula is C13H16O4. The molecule has 1 aliphatic heterocycles. The summed E-state index contributed by atoms with van der Waals surface area (Å²) in [6, 6.07) is 5.55. The molecule has 0 radical (unpaired) electrons. The van der Waals surface area contributed by atoms with Crippen LogP contribution in [0.15, 0.2) is 30.9 Å². The van der Waals surface area contributed by atoms with Crippen LogP contribution < -0.4 is 14.2 Å². The van der Waals surface area contributed by atoms with Gasteiger partial charge in [-0.25, -0.2) is 0 Å². The van der Waals surface area contributed by atoms with Crippen molar-refractivity contribution in [3.05, 3.63) is 30.9 Å². The normalized spacial score (nSPS) is 17.4. The molecule has 1 heterocycles. The van der Waals surface area contributed by atoms with Crippen LogP contribution in [0.5, 0.6) is 17.2 Å². The van der Waals surface area contributed by atoms with E-state index in [4.69, 9.17) is 18.9 Å². The molecule has 1 aromatic carbocycles. The lowest BCUT2D eigenvalue weighted by molar-refractivity contribution is 0.242. The second-order valence-corrected chi connectivity index (χ2v) is 3.65. The molecule has 0 amide bonds. The van der Waals surface area contributed by atoms with Gasteiger partial charge in [0.15, 0.2) is 11.5 Å². The van der Waals surface area contributed by atoms with E-state index >= 15 is 0 Å². The van der Waals surface area contributed by atoms with Crippen LogP contribution in [0.25, 0.3) is 0 Å². The number of para-hydroxylation sites is 1. The summed E-state index contributed by atoms with van der Waals surface area (Å²) in [6.45, 7) is 5.34. The second kappa shape index (κ2) is 5.59. The lowest BCUT2D eigenvalue weighted by Crippen LogP contribution is -2.06. The molecule has 0 aliphatic carbocycles. The number of rotatable bonds is 7. The molecule has 4 heteroatoms. The maximum absolute atomic E-state index is 5.64. The van der Waals surface area contributed by atoms with Gasteiger partial charge in [-0.3, -0.25) is 0 Å². The predicted octanol–water partition coefficient (Wildman–Crippen LogP) is 2.04. The highest BCUT2D eigenvalue weighted by molar-refractivity contribution is 5.51. The minimum Gasteiger partial charge on any atom is -0.493 e. The molecule has 17 heavy (non-hydrogen) atoms. The van der Waals surface area contributed by atoms with Gasteiger partial charge in [-0.2, -0.15) is 0 Å². The Balaban J connectivity index is 2.11. The number of ether oxygens (including phenoxy) is 4. The van der Waals surface area contributed by atoms with Crippen LogP contribution in [0.1, 0.15) is 0 Å². The first-order chi connectivity index (χ1) is 8.35. The van der Waals surface area contributed by atoms with Crippen molar-refractivity contribution in [3.63, 3.8) is 0 Å². The van der Waals surface area contributed by atoms with Gasteiger partial charge in [-0.05, 0) is 12.1 Å². The fourth-order valence-electron chi connectivity index (χ4n) is 1.40. The Morgan fingerprint density at radius 1 is 1.41 bits per heavy atom. The van der Waals surface area contributed by atoms with Crippen LogP contribution in [-0.4, -0.2) is 33.0 Å². The topological polar surface area (TPSA) is 40.2 Å². The quantitative estimate of drug-likeness (QED) is 0.536. The molecule has 2 rings (SSSR count). The van der Waals surface area contributed by atoms with Crippen molar-refractivity contribution in [1.82, 2.24) is 0 Å². The maximum Gasteiger partial charge on any atom is 0.203 e. The first-order valence-corrected chi connectivity index (χ1v) is 5.50. The molecule has 1 aliphatic rings. The van der Waals surface area contributed by atoms with E-state index < -0.39 is 0 Å². The molecule has 0 unspecified atom stereocenters. The number of hydrogen-bond donors (Lipinski definition) is 0. The molecule has 0 N–H and O–H groups in total. The van der Waals surface area contributed by atoms with Gasteiger partial charge in [-0.1, -0.05) is 18.7 Å². The number of methoxy groups -OCH3 is 1. The molecule has 1 atom stereocenters. The fourth-order valence-corrected chi connectivity index (χ4v) is 1.40. The molecule has 1 saturated heterocycles. The lowest BCUT2D eigenvalue weighted by Gasteiger charge is -2.14. The van der Waals surface area contributed by atoms with Gasteiger partial charge in [-0.15, -0.1) is 0 Å². The van der Waals surface area contributed by atoms with E-state index in [9.17, 15) is 0 Å². The Labute approximate surface area is 101 Å². The Morgan fingerprint density at radius 2 is 2.18 bits per heavy atom. The lowest BCUT2D eigenvalue weighted by atomic mass is 10.3. The van der Waals surface area contributed by atoms with Gasteiger partial charge >= 0.3 is 0 Å². The first kappa shape index (κ1) is 11.8. The van der Waals surface area contributed by atoms with Gasteiger partial charge in [0.2, 0.25) is 5.75 Å². The van der Waals surface area contributed by atoms with E-state index in [0.29, 0.717) is 30.5 Å². The highest BCUT2D eigenvalue weighted by Gasteiger charge is 2.24. The van der Waals surface area contributed by atoms with Crippen molar-refractivity contribution >= 4 is 0 Å². The summed E-state index contributed by atoms with van der Waals surface area (Å²) in [4.78, 5) is 0. The molecule has 0 aromatic heterocycles. The van der Waals surface area contributed by atoms with Crippen molar-refractivity contribution in [2.45, 2.75) is 6.10 Å². The molecule has 0 bridgehead atoms. The van der Waals surface area contributed by atoms with E-state index in [0.717, 1.165) is 6.61 Å². The van der Waals surface area contributed by atoms with Gasteiger partial charge in [0, 0.05) is 0 Å². The van der Waals surface area contributed by atoms with Crippen LogP contribution in [0.2, 0.25) is 0 Å². The van der Waals surface area contributed by atoms with Crippen molar-refractivity contribution in [3.8, 4) is 17.2 Å². The van der Waals surface area contributed by atoms with Crippen molar-refractivity contribution < 1.29 is 18.9 Å². The highest BCUT2D eigenvalue weighted by atomic mass is 16.6. The van der Waals surface area contributed by atoms with Crippen LogP contribution in [0, 0.1) is 0 Å². The second-order valence-electron chi connectivity index (χ2n) is 3.65. The van der Waals surface area contributed by atoms with E-state index in [-0.39, 0.29) is 6.10 Å². The molecule has 0 saturated carbocycles. The summed E-state index contributed by atoms with van der Waals surface area (Å²) >= 11 is 0. The van der Waals surface area contributed by atoms with Gasteiger partial charge in [0.25, 0.3) is 0 Å². The van der Waals surface area contributed by atoms with Crippen molar-refractivity contribution in [1.29, 1.82) is 0 Å². The van der Waals surface area contributed by atoms with E-state index in [1.807, 2.05) is 18.2 Å². The number of epoxide rings is 1. The summed E-state index contributed by atoms with van der Waals surface area (Å²) in [7, 11) is 1.60. The minimum absolute atomic E-state index is 0.216. The Hall–Kier alpha value is -1.68. The zero-order valence-corrected chi connectivity index (χ0v) is 9.85. The van der Waals surface area contributed by atoms with E-state index in [2.05, 4.69) is 6.58 Å². The number of benzene rings is 1. The average molecular weight is 236 g/mol. The smallest absolute Gasteiger partial charge is 0.203 e. The summed E-state index contributed by atoms with van der Waals surface area (Å²) in [5, 5.41) is 0. The third-order valence-corrected chi connectivity index (χ3v) is 2.34. The fraction of sp³-hybridized carbons (Fsp3) is 0.385. The van der Waals surface area contributed by atoms with E-state index in [1.54, 1.807) is 13.2 Å². The molecule has 4 nitrogen and oxygen atoms in total. The van der Waals surface area contributed by atoms with Gasteiger partial charge < -0.3 is 18.9 Å². The third-order valence-electron chi connectivity index (χ3n) is 2.34. The zero-order chi connectivity index (χ0) is 12.1. The monoisotopic (exact) mass is 236 g/mol. The largest absolute Gasteiger partial charge is 0.493 e. The Kier molecular flexibility index (Phi) is 3.88. The van der Waals surface area contributed by atoms with Crippen molar-refractivity contribution in [2.75, 3.05) is 26.9 Å². The highest BCUT2D eigenvalue weighted by Crippen LogP contribution is 2.37. The van der Waals surface area contributed by atoms with Gasteiger partial charge in [0.05, 0.1) is 13.7 Å².